The van der Waals surface area contributed by atoms with Crippen LogP contribution in [0.3, 0.4) is 0 Å². The van der Waals surface area contributed by atoms with E-state index in [1.807, 2.05) is 30.3 Å². The van der Waals surface area contributed by atoms with Gasteiger partial charge in [0.05, 0.1) is 4.91 Å². The molecule has 0 spiro atoms. The highest BCUT2D eigenvalue weighted by Gasteiger charge is 2.20. The molecule has 106 valence electrons. The zero-order chi connectivity index (χ0) is 15.1. The van der Waals surface area contributed by atoms with Gasteiger partial charge in [0.1, 0.15) is 0 Å². The Hall–Kier alpha value is -2.59. The largest absolute Gasteiger partial charge is 0.378 e. The third-order valence-corrected chi connectivity index (χ3v) is 4.54. The molecular weight excluding hydrogens is 292 g/mol. The maximum absolute atomic E-state index is 11.9. The van der Waals surface area contributed by atoms with Gasteiger partial charge in [-0.05, 0) is 51.0 Å². The van der Waals surface area contributed by atoms with E-state index in [0.29, 0.717) is 10.1 Å². The van der Waals surface area contributed by atoms with Gasteiger partial charge in [-0.15, -0.1) is 0 Å². The minimum atomic E-state index is -0.264. The Balaban J connectivity index is 2.05. The number of benzene rings is 3. The van der Waals surface area contributed by atoms with E-state index in [1.54, 1.807) is 0 Å². The minimum Gasteiger partial charge on any atom is -0.378 e. The molecule has 3 nitrogen and oxygen atoms in total. The van der Waals surface area contributed by atoms with E-state index in [9.17, 15) is 4.79 Å². The lowest BCUT2D eigenvalue weighted by Gasteiger charge is -2.08. The fraction of sp³-hybridized carbons (Fsp3) is 0. The van der Waals surface area contributed by atoms with Crippen LogP contribution >= 0.6 is 11.8 Å². The van der Waals surface area contributed by atoms with E-state index in [-0.39, 0.29) is 5.91 Å². The SMILES string of the molecule is NC1=NC(=O)/C(=C\c2c3ccccc3cc3ccccc23)S1. The average molecular weight is 304 g/mol. The van der Waals surface area contributed by atoms with Crippen LogP contribution in [0, 0.1) is 0 Å². The molecule has 3 aromatic carbocycles. The quantitative estimate of drug-likeness (QED) is 0.547. The van der Waals surface area contributed by atoms with Crippen LogP contribution in [0.25, 0.3) is 27.6 Å². The lowest BCUT2D eigenvalue weighted by atomic mass is 9.96. The first-order chi connectivity index (χ1) is 10.7. The fourth-order valence-electron chi connectivity index (χ4n) is 2.76. The highest BCUT2D eigenvalue weighted by atomic mass is 32.2. The molecule has 1 aliphatic heterocycles. The van der Waals surface area contributed by atoms with Crippen LogP contribution < -0.4 is 5.73 Å². The number of thioether (sulfide) groups is 1. The van der Waals surface area contributed by atoms with E-state index in [2.05, 4.69) is 35.3 Å². The van der Waals surface area contributed by atoms with Crippen LogP contribution in [-0.2, 0) is 4.79 Å². The van der Waals surface area contributed by atoms with Gasteiger partial charge in [0.2, 0.25) is 0 Å². The average Bonchev–Trinajstić information content (AvgIpc) is 2.84. The molecule has 2 N–H and O–H groups in total. The number of hydrogen-bond donors (Lipinski definition) is 1. The number of rotatable bonds is 1. The third-order valence-electron chi connectivity index (χ3n) is 3.73. The lowest BCUT2D eigenvalue weighted by molar-refractivity contribution is -0.113. The van der Waals surface area contributed by atoms with Crippen molar-refractivity contribution in [3.8, 4) is 0 Å². The van der Waals surface area contributed by atoms with Crippen molar-refractivity contribution in [2.24, 2.45) is 10.7 Å². The molecule has 1 heterocycles. The second-order valence-corrected chi connectivity index (χ2v) is 6.16. The van der Waals surface area contributed by atoms with Gasteiger partial charge in [0, 0.05) is 0 Å². The number of carbonyl (C=O) groups excluding carboxylic acids is 1. The van der Waals surface area contributed by atoms with Crippen molar-refractivity contribution in [2.45, 2.75) is 0 Å². The molecule has 1 aliphatic rings. The van der Waals surface area contributed by atoms with Gasteiger partial charge in [-0.1, -0.05) is 48.5 Å². The molecule has 1 amide bonds. The highest BCUT2D eigenvalue weighted by Crippen LogP contribution is 2.33. The summed E-state index contributed by atoms with van der Waals surface area (Å²) in [5, 5.41) is 4.84. The molecule has 3 aromatic rings. The van der Waals surface area contributed by atoms with Crippen LogP contribution in [0.15, 0.2) is 64.5 Å². The number of fused-ring (bicyclic) bond motifs is 2. The fourth-order valence-corrected chi connectivity index (χ4v) is 3.42. The van der Waals surface area contributed by atoms with Gasteiger partial charge in [-0.3, -0.25) is 4.79 Å². The maximum Gasteiger partial charge on any atom is 0.286 e. The maximum atomic E-state index is 11.9. The molecule has 0 radical (unpaired) electrons. The second kappa shape index (κ2) is 5.00. The standard InChI is InChI=1S/C18H12N2OS/c19-18-20-17(21)16(22-18)10-15-13-7-3-1-5-11(13)9-12-6-2-4-8-14(12)15/h1-10H,(H2,19,20,21)/b16-10+. The van der Waals surface area contributed by atoms with E-state index in [4.69, 9.17) is 5.73 Å². The van der Waals surface area contributed by atoms with Crippen molar-refractivity contribution in [2.75, 3.05) is 0 Å². The van der Waals surface area contributed by atoms with Gasteiger partial charge in [-0.2, -0.15) is 4.99 Å². The molecule has 4 rings (SSSR count). The van der Waals surface area contributed by atoms with Crippen molar-refractivity contribution in [1.82, 2.24) is 0 Å². The van der Waals surface area contributed by atoms with E-state index in [0.717, 1.165) is 27.1 Å². The van der Waals surface area contributed by atoms with Gasteiger partial charge >= 0.3 is 0 Å². The van der Waals surface area contributed by atoms with Gasteiger partial charge in [0.15, 0.2) is 5.17 Å². The Kier molecular flexibility index (Phi) is 2.98. The summed E-state index contributed by atoms with van der Waals surface area (Å²) in [7, 11) is 0. The second-order valence-electron chi connectivity index (χ2n) is 5.10. The lowest BCUT2D eigenvalue weighted by Crippen LogP contribution is -2.01. The van der Waals surface area contributed by atoms with Gasteiger partial charge in [-0.25, -0.2) is 0 Å². The Morgan fingerprint density at radius 1 is 0.955 bits per heavy atom. The minimum absolute atomic E-state index is 0.264. The molecule has 0 bridgehead atoms. The summed E-state index contributed by atoms with van der Waals surface area (Å²) in [6.45, 7) is 0. The van der Waals surface area contributed by atoms with Crippen LogP contribution in [0.1, 0.15) is 5.56 Å². The summed E-state index contributed by atoms with van der Waals surface area (Å²) in [4.78, 5) is 16.2. The predicted octanol–water partition coefficient (Wildman–Crippen LogP) is 3.92. The van der Waals surface area contributed by atoms with Crippen molar-refractivity contribution in [3.63, 3.8) is 0 Å². The Bertz CT molecular complexity index is 935. The molecule has 22 heavy (non-hydrogen) atoms. The summed E-state index contributed by atoms with van der Waals surface area (Å²) in [5.74, 6) is -0.264. The van der Waals surface area contributed by atoms with Gasteiger partial charge < -0.3 is 5.73 Å². The van der Waals surface area contributed by atoms with Crippen LogP contribution in [0.5, 0.6) is 0 Å². The summed E-state index contributed by atoms with van der Waals surface area (Å²) < 4.78 is 0. The van der Waals surface area contributed by atoms with Crippen molar-refractivity contribution in [1.29, 1.82) is 0 Å². The number of nitrogens with zero attached hydrogens (tertiary/aromatic N) is 1. The zero-order valence-corrected chi connectivity index (χ0v) is 12.4. The van der Waals surface area contributed by atoms with Crippen LogP contribution in [0.2, 0.25) is 0 Å². The van der Waals surface area contributed by atoms with E-state index in [1.165, 1.54) is 11.8 Å². The van der Waals surface area contributed by atoms with E-state index < -0.39 is 0 Å². The molecule has 0 unspecified atom stereocenters. The monoisotopic (exact) mass is 304 g/mol. The van der Waals surface area contributed by atoms with Crippen molar-refractivity contribution >= 4 is 50.5 Å². The molecule has 0 atom stereocenters. The molecular formula is C18H12N2OS. The molecule has 0 aliphatic carbocycles. The zero-order valence-electron chi connectivity index (χ0n) is 11.6. The number of carbonyl (C=O) groups is 1. The Morgan fingerprint density at radius 3 is 2.09 bits per heavy atom. The number of nitrogens with two attached hydrogens (primary N) is 1. The number of hydrogen-bond acceptors (Lipinski definition) is 3. The van der Waals surface area contributed by atoms with Crippen LogP contribution in [0.4, 0.5) is 0 Å². The van der Waals surface area contributed by atoms with E-state index >= 15 is 0 Å². The number of aliphatic imine (C=N–C) groups is 1. The summed E-state index contributed by atoms with van der Waals surface area (Å²) >= 11 is 1.22. The first kappa shape index (κ1) is 13.1. The molecule has 0 fully saturated rings. The smallest absolute Gasteiger partial charge is 0.286 e. The third kappa shape index (κ3) is 2.09. The van der Waals surface area contributed by atoms with Crippen molar-refractivity contribution in [3.05, 3.63) is 65.1 Å². The highest BCUT2D eigenvalue weighted by molar-refractivity contribution is 8.18. The summed E-state index contributed by atoms with van der Waals surface area (Å²) in [6.07, 6.45) is 1.90. The molecule has 0 saturated heterocycles. The first-order valence-corrected chi connectivity index (χ1v) is 7.72. The first-order valence-electron chi connectivity index (χ1n) is 6.91. The van der Waals surface area contributed by atoms with Crippen molar-refractivity contribution < 1.29 is 4.79 Å². The molecule has 0 saturated carbocycles. The normalized spacial score (nSPS) is 16.6. The number of amides is 1. The number of amidine groups is 1. The summed E-state index contributed by atoms with van der Waals surface area (Å²) in [6, 6.07) is 18.5. The predicted molar refractivity (Wildman–Crippen MR) is 93.7 cm³/mol. The Labute approximate surface area is 131 Å². The molecule has 0 aromatic heterocycles. The Morgan fingerprint density at radius 2 is 1.55 bits per heavy atom. The van der Waals surface area contributed by atoms with Gasteiger partial charge in [0.25, 0.3) is 5.91 Å². The summed E-state index contributed by atoms with van der Waals surface area (Å²) in [5.41, 5.74) is 6.68. The van der Waals surface area contributed by atoms with Crippen LogP contribution in [-0.4, -0.2) is 11.1 Å². The molecule has 4 heteroatoms. The topological polar surface area (TPSA) is 55.4 Å².